The van der Waals surface area contributed by atoms with Crippen LogP contribution in [0, 0.1) is 0 Å². The maximum atomic E-state index is 12.4. The molecular formula is C20H28O5. The summed E-state index contributed by atoms with van der Waals surface area (Å²) >= 11 is 0. The molecule has 1 aromatic carbocycles. The zero-order valence-electron chi connectivity index (χ0n) is 15.1. The van der Waals surface area contributed by atoms with Gasteiger partial charge in [-0.25, -0.2) is 4.79 Å². The normalized spacial score (nSPS) is 28.1. The molecule has 2 heterocycles. The second-order valence-corrected chi connectivity index (χ2v) is 6.82. The van der Waals surface area contributed by atoms with Crippen molar-refractivity contribution in [3.05, 3.63) is 35.4 Å². The van der Waals surface area contributed by atoms with Gasteiger partial charge in [-0.2, -0.15) is 0 Å². The van der Waals surface area contributed by atoms with Gasteiger partial charge in [0.2, 0.25) is 0 Å². The molecule has 0 radical (unpaired) electrons. The van der Waals surface area contributed by atoms with Crippen LogP contribution in [0.15, 0.2) is 24.3 Å². The smallest absolute Gasteiger partial charge is 0.338 e. The van der Waals surface area contributed by atoms with Crippen LogP contribution in [-0.4, -0.2) is 50.7 Å². The minimum atomic E-state index is -0.369. The molecule has 0 aliphatic carbocycles. The molecule has 3 rings (SSSR count). The number of aryl methyl sites for hydroxylation is 1. The average Bonchev–Trinajstić information content (AvgIpc) is 3.22. The molecule has 5 nitrogen and oxygen atoms in total. The van der Waals surface area contributed by atoms with Crippen molar-refractivity contribution in [1.29, 1.82) is 0 Å². The Morgan fingerprint density at radius 3 is 2.40 bits per heavy atom. The van der Waals surface area contributed by atoms with Gasteiger partial charge in [0.25, 0.3) is 0 Å². The summed E-state index contributed by atoms with van der Waals surface area (Å²) in [5.74, 6) is -0.323. The van der Waals surface area contributed by atoms with Crippen LogP contribution in [0.1, 0.15) is 48.5 Å². The summed E-state index contributed by atoms with van der Waals surface area (Å²) in [5.41, 5.74) is 1.83. The SMILES string of the molecule is CCCCCCc1ccc(C(=O)O[C@@H]2CO[C@H]3[C@@H]2OC[C@@H]3OC)cc1. The summed E-state index contributed by atoms with van der Waals surface area (Å²) in [6.07, 6.45) is 5.20. The third-order valence-corrected chi connectivity index (χ3v) is 5.03. The van der Waals surface area contributed by atoms with E-state index in [0.717, 1.165) is 6.42 Å². The van der Waals surface area contributed by atoms with Gasteiger partial charge in [-0.1, -0.05) is 38.3 Å². The van der Waals surface area contributed by atoms with Crippen LogP contribution in [0.25, 0.3) is 0 Å². The van der Waals surface area contributed by atoms with Gasteiger partial charge in [-0.05, 0) is 30.5 Å². The number of esters is 1. The fourth-order valence-corrected chi connectivity index (χ4v) is 3.50. The first kappa shape index (κ1) is 18.4. The molecule has 138 valence electrons. The van der Waals surface area contributed by atoms with E-state index in [1.165, 1.54) is 31.2 Å². The minimum Gasteiger partial charge on any atom is -0.453 e. The Morgan fingerprint density at radius 2 is 1.72 bits per heavy atom. The van der Waals surface area contributed by atoms with Crippen LogP contribution in [0.3, 0.4) is 0 Å². The first-order chi connectivity index (χ1) is 12.2. The maximum absolute atomic E-state index is 12.4. The molecule has 0 amide bonds. The first-order valence-electron chi connectivity index (χ1n) is 9.29. The second kappa shape index (κ2) is 8.79. The van der Waals surface area contributed by atoms with E-state index < -0.39 is 0 Å². The minimum absolute atomic E-state index is 0.0827. The van der Waals surface area contributed by atoms with Gasteiger partial charge in [0.05, 0.1) is 18.8 Å². The van der Waals surface area contributed by atoms with Crippen LogP contribution in [0.4, 0.5) is 0 Å². The van der Waals surface area contributed by atoms with Crippen molar-refractivity contribution in [2.45, 2.75) is 63.4 Å². The fraction of sp³-hybridized carbons (Fsp3) is 0.650. The summed E-state index contributed by atoms with van der Waals surface area (Å²) in [6, 6.07) is 7.73. The summed E-state index contributed by atoms with van der Waals surface area (Å²) in [5, 5.41) is 0. The Bertz CT molecular complexity index is 556. The molecule has 2 fully saturated rings. The molecule has 0 bridgehead atoms. The number of rotatable bonds is 8. The molecule has 1 aromatic rings. The Morgan fingerprint density at radius 1 is 1.04 bits per heavy atom. The van der Waals surface area contributed by atoms with Crippen LogP contribution in [-0.2, 0) is 25.4 Å². The number of hydrogen-bond donors (Lipinski definition) is 0. The third kappa shape index (κ3) is 4.40. The number of carbonyl (C=O) groups is 1. The molecule has 0 aromatic heterocycles. The standard InChI is InChI=1S/C20H28O5/c1-3-4-5-6-7-14-8-10-15(11-9-14)20(21)25-17-13-24-18-16(22-2)12-23-19(17)18/h8-11,16-19H,3-7,12-13H2,1-2H3/t16-,17+,18+,19+/m0/s1. The van der Waals surface area contributed by atoms with E-state index in [0.29, 0.717) is 18.8 Å². The highest BCUT2D eigenvalue weighted by Gasteiger charge is 2.49. The van der Waals surface area contributed by atoms with Gasteiger partial charge in [-0.15, -0.1) is 0 Å². The molecule has 0 spiro atoms. The number of fused-ring (bicyclic) bond motifs is 1. The zero-order chi connectivity index (χ0) is 17.6. The topological polar surface area (TPSA) is 54.0 Å². The Hall–Kier alpha value is -1.43. The molecule has 0 saturated carbocycles. The van der Waals surface area contributed by atoms with Crippen LogP contribution in [0.5, 0.6) is 0 Å². The average molecular weight is 348 g/mol. The number of benzene rings is 1. The molecule has 5 heteroatoms. The number of unbranched alkanes of at least 4 members (excludes halogenated alkanes) is 3. The van der Waals surface area contributed by atoms with E-state index in [-0.39, 0.29) is 30.4 Å². The molecule has 2 saturated heterocycles. The van der Waals surface area contributed by atoms with Crippen molar-refractivity contribution >= 4 is 5.97 Å². The Labute approximate surface area is 149 Å². The van der Waals surface area contributed by atoms with Gasteiger partial charge in [-0.3, -0.25) is 0 Å². The second-order valence-electron chi connectivity index (χ2n) is 6.82. The van der Waals surface area contributed by atoms with Crippen molar-refractivity contribution < 1.29 is 23.7 Å². The van der Waals surface area contributed by atoms with Crippen LogP contribution >= 0.6 is 0 Å². The summed E-state index contributed by atoms with van der Waals surface area (Å²) in [4.78, 5) is 12.4. The van der Waals surface area contributed by atoms with E-state index in [4.69, 9.17) is 18.9 Å². The Kier molecular flexibility index (Phi) is 6.45. The lowest BCUT2D eigenvalue weighted by Crippen LogP contribution is -2.34. The number of methoxy groups -OCH3 is 1. The third-order valence-electron chi connectivity index (χ3n) is 5.03. The van der Waals surface area contributed by atoms with Crippen molar-refractivity contribution in [2.75, 3.05) is 20.3 Å². The summed E-state index contributed by atoms with van der Waals surface area (Å²) < 4.78 is 22.3. The highest BCUT2D eigenvalue weighted by molar-refractivity contribution is 5.89. The molecule has 4 atom stereocenters. The molecule has 25 heavy (non-hydrogen) atoms. The first-order valence-corrected chi connectivity index (χ1v) is 9.29. The van der Waals surface area contributed by atoms with E-state index in [1.807, 2.05) is 24.3 Å². The molecule has 2 aliphatic rings. The maximum Gasteiger partial charge on any atom is 0.338 e. The molecule has 0 unspecified atom stereocenters. The van der Waals surface area contributed by atoms with E-state index in [9.17, 15) is 4.79 Å². The number of ether oxygens (including phenoxy) is 4. The van der Waals surface area contributed by atoms with Crippen molar-refractivity contribution in [3.8, 4) is 0 Å². The van der Waals surface area contributed by atoms with Gasteiger partial charge >= 0.3 is 5.97 Å². The largest absolute Gasteiger partial charge is 0.453 e. The molecule has 2 aliphatic heterocycles. The number of hydrogen-bond acceptors (Lipinski definition) is 5. The van der Waals surface area contributed by atoms with E-state index >= 15 is 0 Å². The molecular weight excluding hydrogens is 320 g/mol. The fourth-order valence-electron chi connectivity index (χ4n) is 3.50. The van der Waals surface area contributed by atoms with Gasteiger partial charge < -0.3 is 18.9 Å². The number of carbonyl (C=O) groups excluding carboxylic acids is 1. The summed E-state index contributed by atoms with van der Waals surface area (Å²) in [6.45, 7) is 3.05. The highest BCUT2D eigenvalue weighted by atomic mass is 16.6. The quantitative estimate of drug-likeness (QED) is 0.534. The lowest BCUT2D eigenvalue weighted by molar-refractivity contribution is -0.0280. The predicted molar refractivity (Wildman–Crippen MR) is 93.8 cm³/mol. The van der Waals surface area contributed by atoms with Crippen LogP contribution in [0.2, 0.25) is 0 Å². The molecule has 0 N–H and O–H groups in total. The van der Waals surface area contributed by atoms with Crippen LogP contribution < -0.4 is 0 Å². The van der Waals surface area contributed by atoms with E-state index in [2.05, 4.69) is 6.92 Å². The van der Waals surface area contributed by atoms with Gasteiger partial charge in [0, 0.05) is 7.11 Å². The lowest BCUT2D eigenvalue weighted by Gasteiger charge is -2.17. The highest BCUT2D eigenvalue weighted by Crippen LogP contribution is 2.30. The Balaban J connectivity index is 1.50. The van der Waals surface area contributed by atoms with Crippen molar-refractivity contribution in [3.63, 3.8) is 0 Å². The monoisotopic (exact) mass is 348 g/mol. The van der Waals surface area contributed by atoms with Crippen molar-refractivity contribution in [2.24, 2.45) is 0 Å². The van der Waals surface area contributed by atoms with E-state index in [1.54, 1.807) is 7.11 Å². The lowest BCUT2D eigenvalue weighted by atomic mass is 10.0. The zero-order valence-corrected chi connectivity index (χ0v) is 15.1. The summed E-state index contributed by atoms with van der Waals surface area (Å²) in [7, 11) is 1.64. The van der Waals surface area contributed by atoms with Gasteiger partial charge in [0.1, 0.15) is 18.3 Å². The predicted octanol–water partition coefficient (Wildman–Crippen LogP) is 3.15. The van der Waals surface area contributed by atoms with Gasteiger partial charge in [0.15, 0.2) is 6.10 Å². The van der Waals surface area contributed by atoms with Crippen molar-refractivity contribution in [1.82, 2.24) is 0 Å².